The number of hydrogen-bond donors (Lipinski definition) is 0. The van der Waals surface area contributed by atoms with Gasteiger partial charge in [-0.1, -0.05) is 41.7 Å². The van der Waals surface area contributed by atoms with Gasteiger partial charge in [-0.05, 0) is 18.7 Å². The lowest BCUT2D eigenvalue weighted by Gasteiger charge is -2.28. The summed E-state index contributed by atoms with van der Waals surface area (Å²) in [6.45, 7) is 2.14. The zero-order chi connectivity index (χ0) is 13.0. The van der Waals surface area contributed by atoms with E-state index >= 15 is 0 Å². The molecule has 6 heteroatoms. The maximum Gasteiger partial charge on any atom is 0.150 e. The van der Waals surface area contributed by atoms with E-state index in [1.54, 1.807) is 17.8 Å². The number of aromatic nitrogens is 1. The minimum Gasteiger partial charge on any atom is -0.355 e. The number of hydrogen-bond acceptors (Lipinski definition) is 3. The summed E-state index contributed by atoms with van der Waals surface area (Å²) in [5, 5.41) is 1.20. The summed E-state index contributed by atoms with van der Waals surface area (Å²) >= 11 is 19.7. The highest BCUT2D eigenvalue weighted by Crippen LogP contribution is 2.32. The van der Waals surface area contributed by atoms with E-state index in [2.05, 4.69) is 23.1 Å². The maximum atomic E-state index is 6.14. The van der Waals surface area contributed by atoms with Gasteiger partial charge < -0.3 is 4.90 Å². The van der Waals surface area contributed by atoms with Crippen molar-refractivity contribution in [3.63, 3.8) is 0 Å². The van der Waals surface area contributed by atoms with Crippen molar-refractivity contribution in [2.75, 3.05) is 24.0 Å². The first-order chi connectivity index (χ1) is 8.01. The van der Waals surface area contributed by atoms with Crippen LogP contribution in [0.4, 0.5) is 5.82 Å². The van der Waals surface area contributed by atoms with Crippen molar-refractivity contribution in [3.8, 4) is 0 Å². The average Bonchev–Trinajstić information content (AvgIpc) is 2.30. The SMILES string of the molecule is CCC(CSC)N(C)c1nc(Cl)c(Cl)cc1Cl. The van der Waals surface area contributed by atoms with Gasteiger partial charge in [-0.25, -0.2) is 4.98 Å². The third-order valence-electron chi connectivity index (χ3n) is 2.58. The Balaban J connectivity index is 3.02. The Labute approximate surface area is 122 Å². The van der Waals surface area contributed by atoms with Crippen LogP contribution in [0.5, 0.6) is 0 Å². The quantitative estimate of drug-likeness (QED) is 0.738. The molecule has 1 unspecified atom stereocenters. The number of anilines is 1. The summed E-state index contributed by atoms with van der Waals surface area (Å²) in [6.07, 6.45) is 3.11. The molecule has 0 saturated heterocycles. The second-order valence-electron chi connectivity index (χ2n) is 3.69. The molecule has 0 aliphatic carbocycles. The molecule has 0 radical (unpaired) electrons. The molecular formula is C11H15Cl3N2S. The predicted octanol–water partition coefficient (Wildman–Crippen LogP) is 4.62. The van der Waals surface area contributed by atoms with Crippen molar-refractivity contribution < 1.29 is 0 Å². The first kappa shape index (κ1) is 15.2. The van der Waals surface area contributed by atoms with Crippen molar-refractivity contribution in [2.24, 2.45) is 0 Å². The zero-order valence-electron chi connectivity index (χ0n) is 10.0. The lowest BCUT2D eigenvalue weighted by atomic mass is 10.2. The van der Waals surface area contributed by atoms with E-state index in [1.165, 1.54) is 0 Å². The number of nitrogens with zero attached hydrogens (tertiary/aromatic N) is 2. The highest BCUT2D eigenvalue weighted by atomic mass is 35.5. The number of pyridine rings is 1. The smallest absolute Gasteiger partial charge is 0.150 e. The molecule has 0 bridgehead atoms. The van der Waals surface area contributed by atoms with Gasteiger partial charge in [-0.2, -0.15) is 11.8 Å². The molecular weight excluding hydrogens is 299 g/mol. The van der Waals surface area contributed by atoms with Crippen LogP contribution in [-0.2, 0) is 0 Å². The van der Waals surface area contributed by atoms with Gasteiger partial charge in [0.2, 0.25) is 0 Å². The largest absolute Gasteiger partial charge is 0.355 e. The molecule has 2 nitrogen and oxygen atoms in total. The standard InChI is InChI=1S/C11H15Cl3N2S/c1-4-7(6-17-3)16(2)11-9(13)5-8(12)10(14)15-11/h5,7H,4,6H2,1-3H3. The minimum atomic E-state index is 0.289. The van der Waals surface area contributed by atoms with Crippen molar-refractivity contribution in [1.82, 2.24) is 4.98 Å². The summed E-state index contributed by atoms with van der Waals surface area (Å²) in [4.78, 5) is 6.30. The van der Waals surface area contributed by atoms with Crippen LogP contribution in [-0.4, -0.2) is 30.1 Å². The molecule has 96 valence electrons. The third kappa shape index (κ3) is 3.82. The maximum absolute atomic E-state index is 6.14. The fourth-order valence-electron chi connectivity index (χ4n) is 1.55. The second-order valence-corrected chi connectivity index (χ2v) is 5.78. The van der Waals surface area contributed by atoms with Crippen molar-refractivity contribution in [3.05, 3.63) is 21.3 Å². The van der Waals surface area contributed by atoms with Gasteiger partial charge >= 0.3 is 0 Å². The Morgan fingerprint density at radius 3 is 2.53 bits per heavy atom. The fourth-order valence-corrected chi connectivity index (χ4v) is 3.02. The van der Waals surface area contributed by atoms with E-state index in [9.17, 15) is 0 Å². The minimum absolute atomic E-state index is 0.289. The highest BCUT2D eigenvalue weighted by molar-refractivity contribution is 7.98. The molecule has 0 spiro atoms. The van der Waals surface area contributed by atoms with Gasteiger partial charge in [0.25, 0.3) is 0 Å². The molecule has 1 aromatic heterocycles. The van der Waals surface area contributed by atoms with Gasteiger partial charge in [0.05, 0.1) is 10.0 Å². The van der Waals surface area contributed by atoms with E-state index in [-0.39, 0.29) is 5.15 Å². The monoisotopic (exact) mass is 312 g/mol. The zero-order valence-corrected chi connectivity index (χ0v) is 13.1. The third-order valence-corrected chi connectivity index (χ3v) is 4.25. The van der Waals surface area contributed by atoms with Gasteiger partial charge in [0.15, 0.2) is 0 Å². The van der Waals surface area contributed by atoms with Crippen LogP contribution in [0.1, 0.15) is 13.3 Å². The van der Waals surface area contributed by atoms with Gasteiger partial charge in [-0.3, -0.25) is 0 Å². The lowest BCUT2D eigenvalue weighted by molar-refractivity contribution is 0.666. The molecule has 1 heterocycles. The molecule has 1 aromatic rings. The topological polar surface area (TPSA) is 16.1 Å². The number of thioether (sulfide) groups is 1. The first-order valence-electron chi connectivity index (χ1n) is 5.24. The Hall–Kier alpha value is 0.170. The van der Waals surface area contributed by atoms with Crippen molar-refractivity contribution >= 4 is 52.4 Å². The van der Waals surface area contributed by atoms with Gasteiger partial charge in [0.1, 0.15) is 11.0 Å². The number of halogens is 3. The summed E-state index contributed by atoms with van der Waals surface area (Å²) in [7, 11) is 1.98. The summed E-state index contributed by atoms with van der Waals surface area (Å²) in [5.74, 6) is 1.70. The summed E-state index contributed by atoms with van der Waals surface area (Å²) in [6, 6.07) is 2.02. The first-order valence-corrected chi connectivity index (χ1v) is 7.77. The van der Waals surface area contributed by atoms with Gasteiger partial charge in [-0.15, -0.1) is 0 Å². The van der Waals surface area contributed by atoms with Crippen LogP contribution < -0.4 is 4.90 Å². The fraction of sp³-hybridized carbons (Fsp3) is 0.545. The Kier molecular flexibility index (Phi) is 6.21. The molecule has 0 saturated carbocycles. The van der Waals surface area contributed by atoms with Crippen LogP contribution in [0.25, 0.3) is 0 Å². The lowest BCUT2D eigenvalue weighted by Crippen LogP contribution is -2.34. The Morgan fingerprint density at radius 2 is 2.00 bits per heavy atom. The van der Waals surface area contributed by atoms with Crippen LogP contribution in [0.3, 0.4) is 0 Å². The molecule has 0 fully saturated rings. The summed E-state index contributed by atoms with van der Waals surface area (Å²) < 4.78 is 0. The molecule has 0 amide bonds. The van der Waals surface area contributed by atoms with Crippen molar-refractivity contribution in [1.29, 1.82) is 0 Å². The van der Waals surface area contributed by atoms with Crippen LogP contribution in [0, 0.1) is 0 Å². The van der Waals surface area contributed by atoms with Crippen molar-refractivity contribution in [2.45, 2.75) is 19.4 Å². The van der Waals surface area contributed by atoms with E-state index in [1.807, 2.05) is 7.05 Å². The van der Waals surface area contributed by atoms with Crippen LogP contribution >= 0.6 is 46.6 Å². The molecule has 0 aromatic carbocycles. The van der Waals surface area contributed by atoms with E-state index in [0.717, 1.165) is 12.2 Å². The second kappa shape index (κ2) is 6.93. The Bertz CT molecular complexity index is 387. The van der Waals surface area contributed by atoms with E-state index in [4.69, 9.17) is 34.8 Å². The molecule has 1 rings (SSSR count). The molecule has 1 atom stereocenters. The highest BCUT2D eigenvalue weighted by Gasteiger charge is 2.18. The molecule has 17 heavy (non-hydrogen) atoms. The molecule has 0 aliphatic rings. The predicted molar refractivity (Wildman–Crippen MR) is 80.1 cm³/mol. The van der Waals surface area contributed by atoms with Crippen LogP contribution in [0.2, 0.25) is 15.2 Å². The van der Waals surface area contributed by atoms with E-state index < -0.39 is 0 Å². The van der Waals surface area contributed by atoms with E-state index in [0.29, 0.717) is 21.9 Å². The normalized spacial score (nSPS) is 12.6. The molecule has 0 N–H and O–H groups in total. The molecule has 0 aliphatic heterocycles. The summed E-state index contributed by atoms with van der Waals surface area (Å²) in [5.41, 5.74) is 0. The number of rotatable bonds is 5. The van der Waals surface area contributed by atoms with Crippen LogP contribution in [0.15, 0.2) is 6.07 Å². The average molecular weight is 314 g/mol. The Morgan fingerprint density at radius 1 is 1.35 bits per heavy atom. The van der Waals surface area contributed by atoms with Gasteiger partial charge in [0, 0.05) is 18.8 Å².